The normalized spacial score (nSPS) is 21.5. The second-order valence-electron chi connectivity index (χ2n) is 6.59. The Morgan fingerprint density at radius 3 is 2.91 bits per heavy atom. The number of aromatic nitrogens is 2. The van der Waals surface area contributed by atoms with Crippen LogP contribution in [0.4, 0.5) is 0 Å². The smallest absolute Gasteiger partial charge is 0.235 e. The molecule has 1 saturated heterocycles. The molecule has 1 aliphatic rings. The maximum Gasteiger partial charge on any atom is 0.235 e. The van der Waals surface area contributed by atoms with Gasteiger partial charge in [-0.1, -0.05) is 13.8 Å². The molecule has 2 atom stereocenters. The summed E-state index contributed by atoms with van der Waals surface area (Å²) in [6.07, 6.45) is 5.99. The molecular weight excluding hydrogens is 278 g/mol. The van der Waals surface area contributed by atoms with E-state index in [0.717, 1.165) is 24.9 Å². The highest BCUT2D eigenvalue weighted by atomic mass is 16.2. The number of carbonyl (C=O) groups excluding carboxylic acids is 1. The molecule has 1 fully saturated rings. The van der Waals surface area contributed by atoms with E-state index in [-0.39, 0.29) is 17.9 Å². The zero-order chi connectivity index (χ0) is 16.3. The second kappa shape index (κ2) is 6.49. The van der Waals surface area contributed by atoms with Gasteiger partial charge in [0, 0.05) is 24.8 Å². The van der Waals surface area contributed by atoms with Crippen LogP contribution in [0.5, 0.6) is 0 Å². The molecule has 22 heavy (non-hydrogen) atoms. The Morgan fingerprint density at radius 2 is 2.36 bits per heavy atom. The third-order valence-electron chi connectivity index (χ3n) is 4.61. The lowest BCUT2D eigenvalue weighted by molar-refractivity contribution is -0.124. The van der Waals surface area contributed by atoms with Crippen LogP contribution in [0.3, 0.4) is 0 Å². The van der Waals surface area contributed by atoms with Gasteiger partial charge >= 0.3 is 0 Å². The van der Waals surface area contributed by atoms with Crippen LogP contribution in [0.2, 0.25) is 0 Å². The Morgan fingerprint density at radius 1 is 1.64 bits per heavy atom. The van der Waals surface area contributed by atoms with Crippen molar-refractivity contribution in [1.82, 2.24) is 20.0 Å². The highest BCUT2D eigenvalue weighted by Gasteiger charge is 2.33. The highest BCUT2D eigenvalue weighted by Crippen LogP contribution is 2.31. The molecule has 0 bridgehead atoms. The molecule has 2 rings (SSSR count). The Hall–Kier alpha value is -1.87. The van der Waals surface area contributed by atoms with E-state index in [4.69, 9.17) is 0 Å². The Labute approximate surface area is 132 Å². The predicted molar refractivity (Wildman–Crippen MR) is 83.8 cm³/mol. The molecule has 1 amide bonds. The van der Waals surface area contributed by atoms with Crippen molar-refractivity contribution in [2.24, 2.45) is 13.0 Å². The first kappa shape index (κ1) is 16.5. The number of aryl methyl sites for hydroxylation is 1. The van der Waals surface area contributed by atoms with Crippen molar-refractivity contribution < 1.29 is 4.79 Å². The number of nitriles is 1. The van der Waals surface area contributed by atoms with Crippen LogP contribution in [0.1, 0.15) is 45.2 Å². The molecule has 2 heterocycles. The Balaban J connectivity index is 2.00. The van der Waals surface area contributed by atoms with Gasteiger partial charge in [0.05, 0.1) is 18.8 Å². The number of nitrogens with one attached hydrogen (secondary N) is 1. The van der Waals surface area contributed by atoms with Gasteiger partial charge in [-0.05, 0) is 32.2 Å². The van der Waals surface area contributed by atoms with E-state index in [1.807, 2.05) is 33.3 Å². The summed E-state index contributed by atoms with van der Waals surface area (Å²) >= 11 is 0. The topological polar surface area (TPSA) is 74.0 Å². The van der Waals surface area contributed by atoms with E-state index >= 15 is 0 Å². The average molecular weight is 303 g/mol. The number of rotatable bonds is 5. The molecule has 0 spiro atoms. The van der Waals surface area contributed by atoms with E-state index in [9.17, 15) is 10.1 Å². The van der Waals surface area contributed by atoms with Crippen LogP contribution in [0.25, 0.3) is 0 Å². The first-order chi connectivity index (χ1) is 10.4. The van der Waals surface area contributed by atoms with Crippen molar-refractivity contribution in [3.8, 4) is 6.07 Å². The molecule has 0 aromatic carbocycles. The molecule has 1 aliphatic heterocycles. The molecule has 0 unspecified atom stereocenters. The van der Waals surface area contributed by atoms with Gasteiger partial charge in [0.15, 0.2) is 0 Å². The minimum Gasteiger partial charge on any atom is -0.337 e. The maximum atomic E-state index is 12.3. The largest absolute Gasteiger partial charge is 0.337 e. The summed E-state index contributed by atoms with van der Waals surface area (Å²) in [7, 11) is 1.90. The fourth-order valence-electron chi connectivity index (χ4n) is 2.82. The summed E-state index contributed by atoms with van der Waals surface area (Å²) in [5.74, 6) is -0.0253. The van der Waals surface area contributed by atoms with Gasteiger partial charge in [-0.15, -0.1) is 0 Å². The third-order valence-corrected chi connectivity index (χ3v) is 4.61. The average Bonchev–Trinajstić information content (AvgIpc) is 3.07. The second-order valence-corrected chi connectivity index (χ2v) is 6.59. The minimum atomic E-state index is -0.819. The first-order valence-corrected chi connectivity index (χ1v) is 7.80. The van der Waals surface area contributed by atoms with Crippen molar-refractivity contribution in [2.75, 3.05) is 13.1 Å². The summed E-state index contributed by atoms with van der Waals surface area (Å²) in [6.45, 7) is 6.88. The minimum absolute atomic E-state index is 0.0640. The van der Waals surface area contributed by atoms with Crippen LogP contribution in [-0.4, -0.2) is 39.2 Å². The third kappa shape index (κ3) is 3.47. The summed E-state index contributed by atoms with van der Waals surface area (Å²) < 4.78 is 1.79. The summed E-state index contributed by atoms with van der Waals surface area (Å²) in [5, 5.41) is 16.4. The maximum absolute atomic E-state index is 12.3. The highest BCUT2D eigenvalue weighted by molar-refractivity contribution is 5.79. The van der Waals surface area contributed by atoms with E-state index in [0.29, 0.717) is 6.54 Å². The SMILES string of the molecule is CC(C)[C@](C)(C#N)NC(=O)CN1CCC[C@@H]1c1cnn(C)c1. The lowest BCUT2D eigenvalue weighted by atomic mass is 9.90. The Kier molecular flexibility index (Phi) is 4.87. The van der Waals surface area contributed by atoms with Crippen molar-refractivity contribution in [3.05, 3.63) is 18.0 Å². The molecule has 0 radical (unpaired) electrons. The van der Waals surface area contributed by atoms with Crippen molar-refractivity contribution in [3.63, 3.8) is 0 Å². The number of amides is 1. The van der Waals surface area contributed by atoms with Crippen LogP contribution in [-0.2, 0) is 11.8 Å². The summed E-state index contributed by atoms with van der Waals surface area (Å²) in [6, 6.07) is 2.46. The van der Waals surface area contributed by atoms with Gasteiger partial charge in [-0.25, -0.2) is 0 Å². The van der Waals surface area contributed by atoms with Gasteiger partial charge in [0.1, 0.15) is 5.54 Å². The van der Waals surface area contributed by atoms with Gasteiger partial charge < -0.3 is 5.32 Å². The molecular formula is C16H25N5O. The summed E-state index contributed by atoms with van der Waals surface area (Å²) in [4.78, 5) is 14.5. The molecule has 6 nitrogen and oxygen atoms in total. The molecule has 120 valence electrons. The first-order valence-electron chi connectivity index (χ1n) is 7.80. The number of hydrogen-bond acceptors (Lipinski definition) is 4. The number of nitrogens with zero attached hydrogens (tertiary/aromatic N) is 4. The van der Waals surface area contributed by atoms with Gasteiger partial charge in [-0.3, -0.25) is 14.4 Å². The molecule has 1 N–H and O–H groups in total. The van der Waals surface area contributed by atoms with E-state index in [1.165, 1.54) is 0 Å². The standard InChI is InChI=1S/C16H25N5O/c1-12(2)16(3,11-17)19-15(22)10-21-7-5-6-14(21)13-8-18-20(4)9-13/h8-9,12,14H,5-7,10H2,1-4H3,(H,19,22)/t14-,16+/m1/s1. The molecule has 1 aromatic rings. The quantitative estimate of drug-likeness (QED) is 0.897. The van der Waals surface area contributed by atoms with Gasteiger partial charge in [-0.2, -0.15) is 10.4 Å². The molecule has 0 aliphatic carbocycles. The van der Waals surface area contributed by atoms with Gasteiger partial charge in [0.25, 0.3) is 0 Å². The lowest BCUT2D eigenvalue weighted by Crippen LogP contribution is -2.51. The van der Waals surface area contributed by atoms with Crippen molar-refractivity contribution in [2.45, 2.75) is 45.2 Å². The fourth-order valence-corrected chi connectivity index (χ4v) is 2.82. The van der Waals surface area contributed by atoms with E-state index in [1.54, 1.807) is 11.6 Å². The van der Waals surface area contributed by atoms with Crippen LogP contribution < -0.4 is 5.32 Å². The van der Waals surface area contributed by atoms with Crippen LogP contribution in [0.15, 0.2) is 12.4 Å². The van der Waals surface area contributed by atoms with Gasteiger partial charge in [0.2, 0.25) is 5.91 Å². The molecule has 6 heteroatoms. The predicted octanol–water partition coefficient (Wildman–Crippen LogP) is 1.61. The zero-order valence-corrected chi connectivity index (χ0v) is 13.8. The van der Waals surface area contributed by atoms with Crippen molar-refractivity contribution >= 4 is 5.91 Å². The number of hydrogen-bond donors (Lipinski definition) is 1. The van der Waals surface area contributed by atoms with E-state index < -0.39 is 5.54 Å². The lowest BCUT2D eigenvalue weighted by Gasteiger charge is -2.29. The van der Waals surface area contributed by atoms with E-state index in [2.05, 4.69) is 21.4 Å². The van der Waals surface area contributed by atoms with Crippen LogP contribution >= 0.6 is 0 Å². The monoisotopic (exact) mass is 303 g/mol. The number of likely N-dealkylation sites (tertiary alicyclic amines) is 1. The van der Waals surface area contributed by atoms with Crippen LogP contribution in [0, 0.1) is 17.2 Å². The number of carbonyl (C=O) groups is 1. The molecule has 0 saturated carbocycles. The van der Waals surface area contributed by atoms with Crippen molar-refractivity contribution in [1.29, 1.82) is 5.26 Å². The molecule has 1 aromatic heterocycles. The Bertz CT molecular complexity index is 573. The fraction of sp³-hybridized carbons (Fsp3) is 0.688. The zero-order valence-electron chi connectivity index (χ0n) is 13.8. The summed E-state index contributed by atoms with van der Waals surface area (Å²) in [5.41, 5.74) is 0.334.